The van der Waals surface area contributed by atoms with Gasteiger partial charge in [-0.1, -0.05) is 17.7 Å². The van der Waals surface area contributed by atoms with Crippen molar-refractivity contribution in [2.24, 2.45) is 5.73 Å². The van der Waals surface area contributed by atoms with Crippen LogP contribution in [-0.4, -0.2) is 38.1 Å². The van der Waals surface area contributed by atoms with Crippen LogP contribution in [0, 0.1) is 0 Å². The summed E-state index contributed by atoms with van der Waals surface area (Å²) in [4.78, 5) is 28.5. The van der Waals surface area contributed by atoms with Crippen LogP contribution < -0.4 is 11.3 Å². The number of carbonyl (C=O) groups is 1. The number of amides is 1. The molecule has 4 N–H and O–H groups in total. The Labute approximate surface area is 147 Å². The van der Waals surface area contributed by atoms with Gasteiger partial charge in [0.2, 0.25) is 0 Å². The summed E-state index contributed by atoms with van der Waals surface area (Å²) in [5, 5.41) is 19.8. The first kappa shape index (κ1) is 17.7. The van der Waals surface area contributed by atoms with E-state index >= 15 is 0 Å². The average Bonchev–Trinajstić information content (AvgIpc) is 2.51. The first-order valence-corrected chi connectivity index (χ1v) is 8.13. The lowest BCUT2D eigenvalue weighted by Crippen LogP contribution is -2.50. The van der Waals surface area contributed by atoms with Gasteiger partial charge in [0.15, 0.2) is 11.9 Å². The molecule has 3 rings (SSSR count). The van der Waals surface area contributed by atoms with Gasteiger partial charge < -0.3 is 20.7 Å². The topological polar surface area (TPSA) is 128 Å². The summed E-state index contributed by atoms with van der Waals surface area (Å²) in [6.07, 6.45) is -1.49. The third-order valence-corrected chi connectivity index (χ3v) is 4.77. The molecule has 1 saturated carbocycles. The fraction of sp³-hybridized carbons (Fsp3) is 0.438. The summed E-state index contributed by atoms with van der Waals surface area (Å²) >= 11 is 6.15. The van der Waals surface area contributed by atoms with E-state index in [2.05, 4.69) is 4.98 Å². The van der Waals surface area contributed by atoms with Crippen molar-refractivity contribution >= 4 is 28.6 Å². The minimum Gasteiger partial charge on any atom is -0.439 e. The first-order valence-electron chi connectivity index (χ1n) is 7.76. The van der Waals surface area contributed by atoms with Crippen molar-refractivity contribution in [3.63, 3.8) is 0 Å². The van der Waals surface area contributed by atoms with E-state index in [0.29, 0.717) is 5.52 Å². The van der Waals surface area contributed by atoms with E-state index < -0.39 is 36.0 Å². The lowest BCUT2D eigenvalue weighted by atomic mass is 9.76. The lowest BCUT2D eigenvalue weighted by Gasteiger charge is -2.43. The van der Waals surface area contributed by atoms with Crippen molar-refractivity contribution in [3.05, 3.63) is 39.4 Å². The number of benzene rings is 1. The number of fused-ring (bicyclic) bond motifs is 1. The van der Waals surface area contributed by atoms with E-state index in [-0.39, 0.29) is 29.1 Å². The largest absolute Gasteiger partial charge is 0.439 e. The number of ether oxygens (including phenoxy) is 1. The molecule has 1 aliphatic rings. The number of primary amides is 1. The molecule has 0 spiro atoms. The van der Waals surface area contributed by atoms with Gasteiger partial charge in [-0.05, 0) is 31.9 Å². The second-order valence-corrected chi connectivity index (χ2v) is 6.71. The van der Waals surface area contributed by atoms with E-state index in [9.17, 15) is 19.8 Å². The standard InChI is InChI=1S/C16H18ClN3O5/c1-8(25-15(18)23)13-19-11-4-2-3-10(17)12(11)14(22)20(13)9-5-16(24,6-9)7-21/h2-4,8-9,21,24H,5-7H2,1H3,(H2,18,23)/t8-,9?,16?/m0/s1. The second-order valence-electron chi connectivity index (χ2n) is 6.30. The Morgan fingerprint density at radius 2 is 2.24 bits per heavy atom. The van der Waals surface area contributed by atoms with E-state index in [1.165, 1.54) is 4.57 Å². The van der Waals surface area contributed by atoms with Crippen LogP contribution in [-0.2, 0) is 4.74 Å². The molecule has 0 aliphatic heterocycles. The number of halogens is 1. The van der Waals surface area contributed by atoms with Crippen molar-refractivity contribution in [2.45, 2.75) is 37.5 Å². The fourth-order valence-electron chi connectivity index (χ4n) is 3.22. The highest BCUT2D eigenvalue weighted by Gasteiger charge is 2.45. The monoisotopic (exact) mass is 367 g/mol. The van der Waals surface area contributed by atoms with Gasteiger partial charge in [0, 0.05) is 6.04 Å². The Hall–Kier alpha value is -2.16. The van der Waals surface area contributed by atoms with Gasteiger partial charge in [0.1, 0.15) is 0 Å². The molecular weight excluding hydrogens is 350 g/mol. The predicted molar refractivity (Wildman–Crippen MR) is 90.4 cm³/mol. The normalized spacial score (nSPS) is 23.9. The minimum absolute atomic E-state index is 0.178. The Morgan fingerprint density at radius 3 is 2.84 bits per heavy atom. The van der Waals surface area contributed by atoms with Crippen LogP contribution in [0.2, 0.25) is 5.02 Å². The Bertz CT molecular complexity index is 891. The smallest absolute Gasteiger partial charge is 0.405 e. The molecule has 1 aliphatic carbocycles. The van der Waals surface area contributed by atoms with Crippen LogP contribution in [0.3, 0.4) is 0 Å². The van der Waals surface area contributed by atoms with Gasteiger partial charge >= 0.3 is 6.09 Å². The highest BCUT2D eigenvalue weighted by molar-refractivity contribution is 6.35. The third kappa shape index (κ3) is 3.08. The average molecular weight is 368 g/mol. The van der Waals surface area contributed by atoms with Gasteiger partial charge in [0.05, 0.1) is 28.1 Å². The number of hydrogen-bond donors (Lipinski definition) is 3. The predicted octanol–water partition coefficient (Wildman–Crippen LogP) is 1.26. The molecule has 1 fully saturated rings. The summed E-state index contributed by atoms with van der Waals surface area (Å²) in [6.45, 7) is 1.15. The van der Waals surface area contributed by atoms with Gasteiger partial charge in [0.25, 0.3) is 5.56 Å². The van der Waals surface area contributed by atoms with Crippen LogP contribution in [0.4, 0.5) is 4.79 Å². The van der Waals surface area contributed by atoms with Crippen LogP contribution >= 0.6 is 11.6 Å². The summed E-state index contributed by atoms with van der Waals surface area (Å²) in [5.41, 5.74) is 3.82. The third-order valence-electron chi connectivity index (χ3n) is 4.45. The molecule has 0 bridgehead atoms. The van der Waals surface area contributed by atoms with E-state index in [0.717, 1.165) is 0 Å². The lowest BCUT2D eigenvalue weighted by molar-refractivity contribution is -0.104. The van der Waals surface area contributed by atoms with Crippen molar-refractivity contribution < 1.29 is 19.7 Å². The highest BCUT2D eigenvalue weighted by atomic mass is 35.5. The molecule has 1 atom stereocenters. The summed E-state index contributed by atoms with van der Waals surface area (Å²) < 4.78 is 6.35. The molecule has 8 nitrogen and oxygen atoms in total. The van der Waals surface area contributed by atoms with Crippen LogP contribution in [0.15, 0.2) is 23.0 Å². The maximum absolute atomic E-state index is 13.0. The summed E-state index contributed by atoms with van der Waals surface area (Å²) in [7, 11) is 0. The minimum atomic E-state index is -1.23. The SMILES string of the molecule is C[C@H](OC(N)=O)c1nc2cccc(Cl)c2c(=O)n1C1CC(O)(CO)C1. The molecule has 2 aromatic rings. The number of aliphatic hydroxyl groups is 2. The Balaban J connectivity index is 2.17. The van der Waals surface area contributed by atoms with Gasteiger partial charge in [-0.3, -0.25) is 9.36 Å². The quantitative estimate of drug-likeness (QED) is 0.746. The zero-order valence-electron chi connectivity index (χ0n) is 13.5. The fourth-order valence-corrected chi connectivity index (χ4v) is 3.47. The number of nitrogens with two attached hydrogens (primary N) is 1. The molecule has 1 aromatic heterocycles. The number of hydrogen-bond acceptors (Lipinski definition) is 6. The Morgan fingerprint density at radius 1 is 1.56 bits per heavy atom. The number of aliphatic hydroxyl groups excluding tert-OH is 1. The number of nitrogens with zero attached hydrogens (tertiary/aromatic N) is 2. The molecule has 1 aromatic carbocycles. The maximum Gasteiger partial charge on any atom is 0.405 e. The van der Waals surface area contributed by atoms with Gasteiger partial charge in [-0.25, -0.2) is 9.78 Å². The zero-order valence-corrected chi connectivity index (χ0v) is 14.2. The van der Waals surface area contributed by atoms with Gasteiger partial charge in [-0.2, -0.15) is 0 Å². The molecule has 9 heteroatoms. The van der Waals surface area contributed by atoms with Crippen LogP contribution in [0.5, 0.6) is 0 Å². The number of aromatic nitrogens is 2. The summed E-state index contributed by atoms with van der Waals surface area (Å²) in [6, 6.07) is 4.49. The molecule has 0 unspecified atom stereocenters. The van der Waals surface area contributed by atoms with E-state index in [1.807, 2.05) is 0 Å². The van der Waals surface area contributed by atoms with Crippen molar-refractivity contribution in [3.8, 4) is 0 Å². The number of rotatable bonds is 4. The van der Waals surface area contributed by atoms with E-state index in [1.54, 1.807) is 25.1 Å². The molecule has 1 heterocycles. The highest BCUT2D eigenvalue weighted by Crippen LogP contribution is 2.41. The van der Waals surface area contributed by atoms with Crippen LogP contribution in [0.1, 0.15) is 37.7 Å². The second kappa shape index (κ2) is 6.29. The van der Waals surface area contributed by atoms with Crippen LogP contribution in [0.25, 0.3) is 10.9 Å². The summed E-state index contributed by atoms with van der Waals surface area (Å²) in [5.74, 6) is 0.212. The van der Waals surface area contributed by atoms with Gasteiger partial charge in [-0.15, -0.1) is 0 Å². The molecule has 1 amide bonds. The molecule has 0 radical (unpaired) electrons. The van der Waals surface area contributed by atoms with E-state index in [4.69, 9.17) is 22.1 Å². The maximum atomic E-state index is 13.0. The molecule has 25 heavy (non-hydrogen) atoms. The van der Waals surface area contributed by atoms with Crippen molar-refractivity contribution in [1.29, 1.82) is 0 Å². The number of carbonyl (C=O) groups excluding carboxylic acids is 1. The molecular formula is C16H18ClN3O5. The first-order chi connectivity index (χ1) is 11.8. The van der Waals surface area contributed by atoms with Crippen molar-refractivity contribution in [2.75, 3.05) is 6.61 Å². The Kier molecular flexibility index (Phi) is 4.44. The molecule has 0 saturated heterocycles. The molecule has 134 valence electrons. The zero-order chi connectivity index (χ0) is 18.4. The van der Waals surface area contributed by atoms with Crippen molar-refractivity contribution in [1.82, 2.24) is 9.55 Å².